The van der Waals surface area contributed by atoms with Crippen LogP contribution in [0.3, 0.4) is 0 Å². The van der Waals surface area contributed by atoms with Crippen LogP contribution in [0.4, 0.5) is 0 Å². The number of hydrogen-bond donors (Lipinski definition) is 1. The van der Waals surface area contributed by atoms with E-state index in [4.69, 9.17) is 16.3 Å². The molecule has 0 spiro atoms. The number of halogens is 1. The van der Waals surface area contributed by atoms with E-state index in [1.165, 1.54) is 0 Å². The number of carbonyl (C=O) groups is 1. The highest BCUT2D eigenvalue weighted by molar-refractivity contribution is 6.32. The predicted octanol–water partition coefficient (Wildman–Crippen LogP) is 4.73. The summed E-state index contributed by atoms with van der Waals surface area (Å²) in [6.07, 6.45) is 0.845. The lowest BCUT2D eigenvalue weighted by molar-refractivity contribution is 0.0931. The van der Waals surface area contributed by atoms with Crippen molar-refractivity contribution < 1.29 is 9.53 Å². The Kier molecular flexibility index (Phi) is 5.81. The number of ether oxygens (including phenoxy) is 1. The monoisotopic (exact) mass is 383 g/mol. The van der Waals surface area contributed by atoms with E-state index in [9.17, 15) is 4.79 Å². The molecular formula is C21H22ClN3O2. The number of rotatable bonds is 6. The highest BCUT2D eigenvalue weighted by atomic mass is 35.5. The molecule has 140 valence electrons. The fraction of sp³-hybridized carbons (Fsp3) is 0.238. The van der Waals surface area contributed by atoms with Crippen molar-refractivity contribution in [3.63, 3.8) is 0 Å². The zero-order valence-corrected chi connectivity index (χ0v) is 16.3. The summed E-state index contributed by atoms with van der Waals surface area (Å²) in [7, 11) is 1.62. The fourth-order valence-corrected chi connectivity index (χ4v) is 2.87. The number of benzene rings is 2. The Labute approximate surface area is 163 Å². The van der Waals surface area contributed by atoms with E-state index in [1.54, 1.807) is 23.9 Å². The smallest absolute Gasteiger partial charge is 0.270 e. The topological polar surface area (TPSA) is 56.1 Å². The molecule has 1 atom stereocenters. The van der Waals surface area contributed by atoms with Crippen LogP contribution in [-0.4, -0.2) is 28.8 Å². The molecule has 0 saturated heterocycles. The minimum absolute atomic E-state index is 0.0662. The lowest BCUT2D eigenvalue weighted by atomic mass is 10.1. The molecule has 0 radical (unpaired) electrons. The molecule has 5 nitrogen and oxygen atoms in total. The molecule has 0 aliphatic heterocycles. The van der Waals surface area contributed by atoms with E-state index in [-0.39, 0.29) is 11.9 Å². The summed E-state index contributed by atoms with van der Waals surface area (Å²) in [4.78, 5) is 12.8. The van der Waals surface area contributed by atoms with Crippen LogP contribution in [0.15, 0.2) is 54.6 Å². The molecule has 0 aliphatic rings. The van der Waals surface area contributed by atoms with Gasteiger partial charge in [0.2, 0.25) is 0 Å². The maximum atomic E-state index is 12.8. The summed E-state index contributed by atoms with van der Waals surface area (Å²) >= 11 is 6.35. The van der Waals surface area contributed by atoms with Gasteiger partial charge in [-0.1, -0.05) is 30.7 Å². The maximum Gasteiger partial charge on any atom is 0.270 e. The van der Waals surface area contributed by atoms with Crippen LogP contribution in [0.1, 0.15) is 30.8 Å². The lowest BCUT2D eigenvalue weighted by Crippen LogP contribution is -2.33. The molecule has 0 saturated carbocycles. The van der Waals surface area contributed by atoms with E-state index < -0.39 is 0 Å². The highest BCUT2D eigenvalue weighted by Gasteiger charge is 2.20. The number of para-hydroxylation sites is 1. The van der Waals surface area contributed by atoms with Crippen LogP contribution in [0.5, 0.6) is 5.75 Å². The Morgan fingerprint density at radius 2 is 1.93 bits per heavy atom. The average molecular weight is 384 g/mol. The Morgan fingerprint density at radius 3 is 2.56 bits per heavy atom. The van der Waals surface area contributed by atoms with Crippen molar-refractivity contribution in [2.45, 2.75) is 26.3 Å². The van der Waals surface area contributed by atoms with Crippen molar-refractivity contribution >= 4 is 17.5 Å². The molecule has 1 aromatic heterocycles. The van der Waals surface area contributed by atoms with Gasteiger partial charge in [-0.15, -0.1) is 0 Å². The SMILES string of the molecule is CCC(C)NC(=O)c1cc(-c2ccc(OC)cc2)nn1-c1ccccc1Cl. The molecule has 1 heterocycles. The van der Waals surface area contributed by atoms with Gasteiger partial charge in [-0.05, 0) is 55.8 Å². The van der Waals surface area contributed by atoms with Crippen LogP contribution in [0, 0.1) is 0 Å². The summed E-state index contributed by atoms with van der Waals surface area (Å²) in [5.74, 6) is 0.579. The van der Waals surface area contributed by atoms with Gasteiger partial charge in [-0.2, -0.15) is 5.10 Å². The third-order valence-corrected chi connectivity index (χ3v) is 4.72. The van der Waals surface area contributed by atoms with E-state index in [0.717, 1.165) is 17.7 Å². The van der Waals surface area contributed by atoms with Crippen molar-refractivity contribution in [1.82, 2.24) is 15.1 Å². The number of carbonyl (C=O) groups excluding carboxylic acids is 1. The molecule has 0 fully saturated rings. The van der Waals surface area contributed by atoms with Crippen molar-refractivity contribution in [3.8, 4) is 22.7 Å². The number of methoxy groups -OCH3 is 1. The standard InChI is InChI=1S/C21H22ClN3O2/c1-4-14(2)23-21(26)20-13-18(15-9-11-16(27-3)12-10-15)24-25(20)19-8-6-5-7-17(19)22/h5-14H,4H2,1-3H3,(H,23,26). The van der Waals surface area contributed by atoms with Crippen molar-refractivity contribution in [3.05, 3.63) is 65.3 Å². The molecule has 27 heavy (non-hydrogen) atoms. The number of amides is 1. The maximum absolute atomic E-state index is 12.8. The molecule has 6 heteroatoms. The third-order valence-electron chi connectivity index (χ3n) is 4.40. The number of hydrogen-bond acceptors (Lipinski definition) is 3. The second-order valence-electron chi connectivity index (χ2n) is 6.29. The first-order valence-corrected chi connectivity index (χ1v) is 9.21. The van der Waals surface area contributed by atoms with E-state index in [1.807, 2.05) is 56.3 Å². The van der Waals surface area contributed by atoms with Gasteiger partial charge in [-0.25, -0.2) is 4.68 Å². The second-order valence-corrected chi connectivity index (χ2v) is 6.70. The Balaban J connectivity index is 2.08. The predicted molar refractivity (Wildman–Crippen MR) is 108 cm³/mol. The lowest BCUT2D eigenvalue weighted by Gasteiger charge is -2.13. The quantitative estimate of drug-likeness (QED) is 0.669. The van der Waals surface area contributed by atoms with Crippen LogP contribution in [0.2, 0.25) is 5.02 Å². The molecule has 0 bridgehead atoms. The van der Waals surface area contributed by atoms with Gasteiger partial charge >= 0.3 is 0 Å². The summed E-state index contributed by atoms with van der Waals surface area (Å²) in [5, 5.41) is 8.17. The van der Waals surface area contributed by atoms with E-state index in [0.29, 0.717) is 22.1 Å². The minimum atomic E-state index is -0.184. The number of nitrogens with one attached hydrogen (secondary N) is 1. The molecule has 3 rings (SSSR count). The second kappa shape index (κ2) is 8.27. The molecule has 1 N–H and O–H groups in total. The van der Waals surface area contributed by atoms with Crippen LogP contribution in [-0.2, 0) is 0 Å². The first-order chi connectivity index (χ1) is 13.0. The van der Waals surface area contributed by atoms with Gasteiger partial charge < -0.3 is 10.1 Å². The normalized spacial score (nSPS) is 11.9. The first kappa shape index (κ1) is 19.0. The van der Waals surface area contributed by atoms with Gasteiger partial charge in [-0.3, -0.25) is 4.79 Å². The molecule has 0 aliphatic carbocycles. The average Bonchev–Trinajstić information content (AvgIpc) is 3.13. The van der Waals surface area contributed by atoms with E-state index in [2.05, 4.69) is 10.4 Å². The van der Waals surface area contributed by atoms with Gasteiger partial charge in [0.05, 0.1) is 23.5 Å². The van der Waals surface area contributed by atoms with Gasteiger partial charge in [0.15, 0.2) is 0 Å². The van der Waals surface area contributed by atoms with Gasteiger partial charge in [0, 0.05) is 11.6 Å². The molecule has 2 aromatic carbocycles. The molecule has 1 unspecified atom stereocenters. The summed E-state index contributed by atoms with van der Waals surface area (Å²) in [6.45, 7) is 4.00. The number of nitrogens with zero attached hydrogens (tertiary/aromatic N) is 2. The van der Waals surface area contributed by atoms with Crippen molar-refractivity contribution in [2.24, 2.45) is 0 Å². The van der Waals surface area contributed by atoms with Gasteiger partial charge in [0.25, 0.3) is 5.91 Å². The number of aromatic nitrogens is 2. The van der Waals surface area contributed by atoms with Crippen molar-refractivity contribution in [1.29, 1.82) is 0 Å². The zero-order valence-electron chi connectivity index (χ0n) is 15.6. The fourth-order valence-electron chi connectivity index (χ4n) is 2.65. The van der Waals surface area contributed by atoms with E-state index >= 15 is 0 Å². The summed E-state index contributed by atoms with van der Waals surface area (Å²) in [6, 6.07) is 16.7. The van der Waals surface area contributed by atoms with Crippen LogP contribution in [0.25, 0.3) is 16.9 Å². The molecule has 1 amide bonds. The summed E-state index contributed by atoms with van der Waals surface area (Å²) < 4.78 is 6.80. The minimum Gasteiger partial charge on any atom is -0.497 e. The van der Waals surface area contributed by atoms with Gasteiger partial charge in [0.1, 0.15) is 11.4 Å². The first-order valence-electron chi connectivity index (χ1n) is 8.83. The third kappa shape index (κ3) is 4.14. The zero-order chi connectivity index (χ0) is 19.4. The Morgan fingerprint density at radius 1 is 1.22 bits per heavy atom. The highest BCUT2D eigenvalue weighted by Crippen LogP contribution is 2.26. The Bertz CT molecular complexity index is 935. The molecular weight excluding hydrogens is 362 g/mol. The Hall–Kier alpha value is -2.79. The molecule has 3 aromatic rings. The van der Waals surface area contributed by atoms with Crippen molar-refractivity contribution in [2.75, 3.05) is 7.11 Å². The largest absolute Gasteiger partial charge is 0.497 e. The summed E-state index contributed by atoms with van der Waals surface area (Å²) in [5.41, 5.74) is 2.67. The van der Waals surface area contributed by atoms with Crippen LogP contribution < -0.4 is 10.1 Å². The van der Waals surface area contributed by atoms with Crippen LogP contribution >= 0.6 is 11.6 Å².